The van der Waals surface area contributed by atoms with Crippen LogP contribution in [0.5, 0.6) is 0 Å². The van der Waals surface area contributed by atoms with Gasteiger partial charge >= 0.3 is 0 Å². The molecule has 2 aliphatic rings. The van der Waals surface area contributed by atoms with Gasteiger partial charge in [0.25, 0.3) is 0 Å². The molecule has 7 heavy (non-hydrogen) atoms. The molecule has 0 radical (unpaired) electrons. The second-order valence-electron chi connectivity index (χ2n) is 1.56. The zero-order valence-electron chi connectivity index (χ0n) is 3.56. The van der Waals surface area contributed by atoms with Crippen molar-refractivity contribution >= 4 is 15.9 Å². The van der Waals surface area contributed by atoms with E-state index in [0.29, 0.717) is 0 Å². The molecule has 0 aromatic heterocycles. The first-order valence-electron chi connectivity index (χ1n) is 2.06. The highest BCUT2D eigenvalue weighted by Crippen LogP contribution is 2.25. The monoisotopic (exact) mass is 158 g/mol. The predicted octanol–water partition coefficient (Wildman–Crippen LogP) is 1.08. The lowest BCUT2D eigenvalue weighted by atomic mass is 10.3. The summed E-state index contributed by atoms with van der Waals surface area (Å²) in [5.41, 5.74) is 1.32. The molecule has 0 bridgehead atoms. The maximum atomic E-state index is 3.95. The van der Waals surface area contributed by atoms with Crippen LogP contribution in [0.25, 0.3) is 5.82 Å². The first kappa shape index (κ1) is 3.66. The number of aromatic nitrogens is 2. The van der Waals surface area contributed by atoms with Gasteiger partial charge in [-0.1, -0.05) is 15.9 Å². The first-order chi connectivity index (χ1) is 3.42. The SMILES string of the molecule is BrCc1cn2nc1-2. The summed E-state index contributed by atoms with van der Waals surface area (Å²) in [7, 11) is 0. The molecule has 0 aromatic rings. The van der Waals surface area contributed by atoms with Gasteiger partial charge in [0.2, 0.25) is 0 Å². The van der Waals surface area contributed by atoms with E-state index in [1.807, 2.05) is 10.9 Å². The molecule has 36 valence electrons. The van der Waals surface area contributed by atoms with Crippen LogP contribution in [0.4, 0.5) is 0 Å². The molecule has 0 saturated heterocycles. The lowest BCUT2D eigenvalue weighted by Gasteiger charge is -1.93. The van der Waals surface area contributed by atoms with E-state index in [-0.39, 0.29) is 0 Å². The fourth-order valence-electron chi connectivity index (χ4n) is 0.615. The maximum absolute atomic E-state index is 3.95. The number of halogens is 1. The first-order valence-corrected chi connectivity index (χ1v) is 3.19. The third kappa shape index (κ3) is 0.315. The summed E-state index contributed by atoms with van der Waals surface area (Å²) in [6.07, 6.45) is 2.02. The number of nitrogens with zero attached hydrogens (tertiary/aromatic N) is 2. The summed E-state index contributed by atoms with van der Waals surface area (Å²) in [5.74, 6) is 1.16. The molecular formula is C4H3BrN2. The molecule has 0 atom stereocenters. The zero-order valence-corrected chi connectivity index (χ0v) is 5.14. The van der Waals surface area contributed by atoms with Gasteiger partial charge in [0.15, 0.2) is 5.82 Å². The minimum Gasteiger partial charge on any atom is -0.218 e. The Bertz CT molecular complexity index is 203. The zero-order chi connectivity index (χ0) is 4.85. The van der Waals surface area contributed by atoms with Crippen LogP contribution in [0.2, 0.25) is 0 Å². The van der Waals surface area contributed by atoms with E-state index in [9.17, 15) is 0 Å². The molecule has 0 fully saturated rings. The van der Waals surface area contributed by atoms with E-state index in [1.165, 1.54) is 5.56 Å². The quantitative estimate of drug-likeness (QED) is 0.569. The molecular weight excluding hydrogens is 156 g/mol. The number of alkyl halides is 1. The van der Waals surface area contributed by atoms with E-state index in [2.05, 4.69) is 21.0 Å². The van der Waals surface area contributed by atoms with Crippen molar-refractivity contribution < 1.29 is 0 Å². The molecule has 2 aliphatic heterocycles. The van der Waals surface area contributed by atoms with Gasteiger partial charge in [-0.05, 0) is 0 Å². The number of hydrogen-bond acceptors (Lipinski definition) is 1. The van der Waals surface area contributed by atoms with E-state index in [1.54, 1.807) is 0 Å². The Hall–Kier alpha value is -0.310. The normalized spacial score (nSPS) is 12.1. The van der Waals surface area contributed by atoms with Gasteiger partial charge in [0.05, 0.1) is 0 Å². The van der Waals surface area contributed by atoms with Gasteiger partial charge in [-0.25, -0.2) is 4.68 Å². The molecule has 2 rings (SSSR count). The molecule has 2 nitrogen and oxygen atoms in total. The van der Waals surface area contributed by atoms with Gasteiger partial charge < -0.3 is 0 Å². The summed E-state index contributed by atoms with van der Waals surface area (Å²) in [6, 6.07) is 0. The molecule has 0 aliphatic carbocycles. The number of rotatable bonds is 1. The summed E-state index contributed by atoms with van der Waals surface area (Å²) < 4.78 is 1.87. The highest BCUT2D eigenvalue weighted by Gasteiger charge is 2.21. The molecule has 0 N–H and O–H groups in total. The van der Waals surface area contributed by atoms with Crippen molar-refractivity contribution in [3.63, 3.8) is 0 Å². The highest BCUT2D eigenvalue weighted by atomic mass is 79.9. The van der Waals surface area contributed by atoms with Gasteiger partial charge in [-0.2, -0.15) is 0 Å². The van der Waals surface area contributed by atoms with Crippen molar-refractivity contribution in [2.75, 3.05) is 0 Å². The Balaban J connectivity index is 2.44. The molecule has 0 spiro atoms. The van der Waals surface area contributed by atoms with Crippen LogP contribution >= 0.6 is 15.9 Å². The summed E-state index contributed by atoms with van der Waals surface area (Å²) in [4.78, 5) is 0. The fourth-order valence-corrected chi connectivity index (χ4v) is 1.01. The lowest BCUT2D eigenvalue weighted by molar-refractivity contribution is 1.07. The average Bonchev–Trinajstić information content (AvgIpc) is 2.18. The molecule has 0 unspecified atom stereocenters. The van der Waals surface area contributed by atoms with E-state index >= 15 is 0 Å². The van der Waals surface area contributed by atoms with Gasteiger partial charge in [-0.3, -0.25) is 0 Å². The Morgan fingerprint density at radius 1 is 1.86 bits per heavy atom. The minimum absolute atomic E-state index is 0.947. The average molecular weight is 159 g/mol. The number of hydrogen-bond donors (Lipinski definition) is 0. The Morgan fingerprint density at radius 2 is 2.71 bits per heavy atom. The third-order valence-electron chi connectivity index (χ3n) is 1.09. The summed E-state index contributed by atoms with van der Waals surface area (Å²) in [6.45, 7) is 0. The molecule has 3 heteroatoms. The van der Waals surface area contributed by atoms with Crippen molar-refractivity contribution in [1.82, 2.24) is 9.78 Å². The minimum atomic E-state index is 0.947. The van der Waals surface area contributed by atoms with Crippen LogP contribution < -0.4 is 0 Å². The fraction of sp³-hybridized carbons (Fsp3) is 0.250. The third-order valence-corrected chi connectivity index (χ3v) is 1.69. The Kier molecular flexibility index (Phi) is 0.479. The molecule has 2 heterocycles. The predicted molar refractivity (Wildman–Crippen MR) is 29.8 cm³/mol. The largest absolute Gasteiger partial charge is 0.218 e. The number of fused-ring (bicyclic) bond motifs is 1. The van der Waals surface area contributed by atoms with Gasteiger partial charge in [-0.15, -0.1) is 5.10 Å². The van der Waals surface area contributed by atoms with E-state index < -0.39 is 0 Å². The van der Waals surface area contributed by atoms with Crippen molar-refractivity contribution in [1.29, 1.82) is 0 Å². The standard InChI is InChI=1S/C4H3BrN2/c5-1-3-2-7-4(3)6-7/h2H,1H2. The molecule has 0 saturated carbocycles. The van der Waals surface area contributed by atoms with Gasteiger partial charge in [0.1, 0.15) is 0 Å². The maximum Gasteiger partial charge on any atom is 0.179 e. The van der Waals surface area contributed by atoms with Crippen LogP contribution in [-0.2, 0) is 5.33 Å². The lowest BCUT2D eigenvalue weighted by Crippen LogP contribution is -1.87. The van der Waals surface area contributed by atoms with Crippen molar-refractivity contribution in [3.05, 3.63) is 11.8 Å². The van der Waals surface area contributed by atoms with Crippen LogP contribution in [0, 0.1) is 0 Å². The van der Waals surface area contributed by atoms with Crippen molar-refractivity contribution in [3.8, 4) is 5.82 Å². The highest BCUT2D eigenvalue weighted by molar-refractivity contribution is 9.08. The summed E-state index contributed by atoms with van der Waals surface area (Å²) >= 11 is 3.32. The second kappa shape index (κ2) is 0.916. The van der Waals surface area contributed by atoms with Crippen LogP contribution in [0.1, 0.15) is 5.56 Å². The Labute approximate surface area is 49.3 Å². The summed E-state index contributed by atoms with van der Waals surface area (Å²) in [5, 5.41) is 4.89. The van der Waals surface area contributed by atoms with E-state index in [4.69, 9.17) is 0 Å². The second-order valence-corrected chi connectivity index (χ2v) is 2.12. The van der Waals surface area contributed by atoms with E-state index in [0.717, 1.165) is 11.1 Å². The van der Waals surface area contributed by atoms with Gasteiger partial charge in [0, 0.05) is 17.1 Å². The topological polar surface area (TPSA) is 17.8 Å². The molecule has 0 amide bonds. The van der Waals surface area contributed by atoms with Crippen LogP contribution in [-0.4, -0.2) is 9.78 Å². The van der Waals surface area contributed by atoms with Crippen LogP contribution in [0.3, 0.4) is 0 Å². The Morgan fingerprint density at radius 3 is 2.86 bits per heavy atom. The molecule has 0 aromatic carbocycles. The smallest absolute Gasteiger partial charge is 0.179 e. The van der Waals surface area contributed by atoms with Crippen molar-refractivity contribution in [2.45, 2.75) is 5.33 Å². The van der Waals surface area contributed by atoms with Crippen molar-refractivity contribution in [2.24, 2.45) is 0 Å². The van der Waals surface area contributed by atoms with Crippen LogP contribution in [0.15, 0.2) is 6.20 Å².